The van der Waals surface area contributed by atoms with Crippen molar-refractivity contribution in [1.29, 1.82) is 0 Å². The number of thiophene rings is 1. The molecule has 1 heterocycles. The summed E-state index contributed by atoms with van der Waals surface area (Å²) in [5, 5.41) is 3.75. The Bertz CT molecular complexity index is 587. The number of benzene rings is 1. The van der Waals surface area contributed by atoms with E-state index in [2.05, 4.69) is 55.6 Å². The van der Waals surface area contributed by atoms with Crippen LogP contribution in [0.3, 0.4) is 0 Å². The van der Waals surface area contributed by atoms with Gasteiger partial charge in [0.1, 0.15) is 0 Å². The molecule has 2 atom stereocenters. The molecule has 1 N–H and O–H groups in total. The Labute approximate surface area is 132 Å². The second-order valence-electron chi connectivity index (χ2n) is 5.93. The number of hydrogen-bond donors (Lipinski definition) is 1. The molecule has 0 amide bonds. The highest BCUT2D eigenvalue weighted by atomic mass is 32.1. The monoisotopic (exact) mass is 299 g/mol. The molecule has 2 unspecified atom stereocenters. The molecule has 112 valence electrons. The fourth-order valence-corrected chi connectivity index (χ4v) is 4.58. The van der Waals surface area contributed by atoms with Crippen molar-refractivity contribution in [3.05, 3.63) is 57.3 Å². The van der Waals surface area contributed by atoms with E-state index in [0.29, 0.717) is 12.0 Å². The van der Waals surface area contributed by atoms with Crippen molar-refractivity contribution in [2.75, 3.05) is 6.54 Å². The van der Waals surface area contributed by atoms with Gasteiger partial charge in [-0.05, 0) is 55.5 Å². The average molecular weight is 299 g/mol. The summed E-state index contributed by atoms with van der Waals surface area (Å²) >= 11 is 1.99. The van der Waals surface area contributed by atoms with Gasteiger partial charge < -0.3 is 5.32 Å². The van der Waals surface area contributed by atoms with E-state index < -0.39 is 0 Å². The van der Waals surface area contributed by atoms with Gasteiger partial charge in [0.15, 0.2) is 0 Å². The molecule has 0 saturated heterocycles. The zero-order valence-electron chi connectivity index (χ0n) is 13.1. The molecule has 0 saturated carbocycles. The number of likely N-dealkylation sites (N-methyl/N-ethyl adjacent to an activating group) is 1. The summed E-state index contributed by atoms with van der Waals surface area (Å²) in [6, 6.07) is 14.2. The summed E-state index contributed by atoms with van der Waals surface area (Å²) in [5.74, 6) is 0.674. The third-order valence-corrected chi connectivity index (χ3v) is 5.87. The van der Waals surface area contributed by atoms with Crippen LogP contribution in [0.15, 0.2) is 36.4 Å². The van der Waals surface area contributed by atoms with Crippen LogP contribution >= 0.6 is 11.3 Å². The molecule has 1 aliphatic carbocycles. The van der Waals surface area contributed by atoms with Gasteiger partial charge in [0, 0.05) is 21.7 Å². The van der Waals surface area contributed by atoms with Crippen LogP contribution in [0.25, 0.3) is 0 Å². The van der Waals surface area contributed by atoms with Crippen LogP contribution in [0.5, 0.6) is 0 Å². The summed E-state index contributed by atoms with van der Waals surface area (Å²) in [5.41, 5.74) is 3.14. The van der Waals surface area contributed by atoms with Crippen LogP contribution in [0.4, 0.5) is 0 Å². The third kappa shape index (κ3) is 3.22. The first-order valence-electron chi connectivity index (χ1n) is 8.20. The highest BCUT2D eigenvalue weighted by Crippen LogP contribution is 2.36. The minimum Gasteiger partial charge on any atom is -0.313 e. The van der Waals surface area contributed by atoms with Crippen molar-refractivity contribution in [3.8, 4) is 0 Å². The fraction of sp³-hybridized carbons (Fsp3) is 0.474. The lowest BCUT2D eigenvalue weighted by atomic mass is 9.90. The number of hydrogen-bond acceptors (Lipinski definition) is 2. The molecule has 1 aromatic carbocycles. The number of fused-ring (bicyclic) bond motifs is 1. The summed E-state index contributed by atoms with van der Waals surface area (Å²) in [6.07, 6.45) is 4.86. The quantitative estimate of drug-likeness (QED) is 0.824. The van der Waals surface area contributed by atoms with E-state index in [1.54, 1.807) is 11.1 Å². The van der Waals surface area contributed by atoms with Crippen molar-refractivity contribution in [3.63, 3.8) is 0 Å². The smallest absolute Gasteiger partial charge is 0.0184 e. The molecule has 2 heteroatoms. The Kier molecular flexibility index (Phi) is 4.77. The molecule has 21 heavy (non-hydrogen) atoms. The third-order valence-electron chi connectivity index (χ3n) is 4.62. The van der Waals surface area contributed by atoms with E-state index in [1.165, 1.54) is 22.6 Å². The maximum Gasteiger partial charge on any atom is 0.0184 e. The molecule has 1 aliphatic rings. The molecule has 0 spiro atoms. The summed E-state index contributed by atoms with van der Waals surface area (Å²) in [4.78, 5) is 3.04. The molecule has 0 bridgehead atoms. The van der Waals surface area contributed by atoms with E-state index >= 15 is 0 Å². The SMILES string of the molecule is CCNC(Cc1ccc(CC)s1)C1CCc2ccccc21. The number of nitrogens with one attached hydrogen (secondary N) is 1. The zero-order chi connectivity index (χ0) is 14.7. The van der Waals surface area contributed by atoms with Gasteiger partial charge in [-0.2, -0.15) is 0 Å². The number of rotatable bonds is 6. The molecule has 2 aromatic rings. The first-order chi connectivity index (χ1) is 10.3. The largest absolute Gasteiger partial charge is 0.313 e. The Morgan fingerprint density at radius 2 is 1.95 bits per heavy atom. The van der Waals surface area contributed by atoms with Crippen molar-refractivity contribution < 1.29 is 0 Å². The van der Waals surface area contributed by atoms with Crippen LogP contribution in [0.2, 0.25) is 0 Å². The van der Waals surface area contributed by atoms with E-state index in [1.807, 2.05) is 11.3 Å². The second-order valence-corrected chi connectivity index (χ2v) is 7.19. The maximum absolute atomic E-state index is 3.75. The molecule has 3 rings (SSSR count). The standard InChI is InChI=1S/C19H25NS/c1-3-15-10-11-16(21-15)13-19(20-4-2)18-12-9-14-7-5-6-8-17(14)18/h5-8,10-11,18-20H,3-4,9,12-13H2,1-2H3. The normalized spacial score (nSPS) is 18.7. The maximum atomic E-state index is 3.75. The number of aryl methyl sites for hydroxylation is 2. The summed E-state index contributed by atoms with van der Waals surface area (Å²) < 4.78 is 0. The summed E-state index contributed by atoms with van der Waals surface area (Å²) in [7, 11) is 0. The van der Waals surface area contributed by atoms with E-state index in [4.69, 9.17) is 0 Å². The summed E-state index contributed by atoms with van der Waals surface area (Å²) in [6.45, 7) is 5.51. The zero-order valence-corrected chi connectivity index (χ0v) is 13.9. The van der Waals surface area contributed by atoms with Crippen molar-refractivity contribution in [1.82, 2.24) is 5.32 Å². The van der Waals surface area contributed by atoms with Gasteiger partial charge in [0.25, 0.3) is 0 Å². The van der Waals surface area contributed by atoms with Gasteiger partial charge in [0.2, 0.25) is 0 Å². The van der Waals surface area contributed by atoms with Gasteiger partial charge in [-0.3, -0.25) is 0 Å². The Hall–Kier alpha value is -1.12. The lowest BCUT2D eigenvalue weighted by molar-refractivity contribution is 0.437. The topological polar surface area (TPSA) is 12.0 Å². The van der Waals surface area contributed by atoms with Crippen LogP contribution in [0, 0.1) is 0 Å². The lowest BCUT2D eigenvalue weighted by Crippen LogP contribution is -2.35. The highest BCUT2D eigenvalue weighted by Gasteiger charge is 2.29. The minimum atomic E-state index is 0.571. The van der Waals surface area contributed by atoms with E-state index in [-0.39, 0.29) is 0 Å². The average Bonchev–Trinajstić information content (AvgIpc) is 3.13. The highest BCUT2D eigenvalue weighted by molar-refractivity contribution is 7.11. The van der Waals surface area contributed by atoms with E-state index in [0.717, 1.165) is 19.4 Å². The van der Waals surface area contributed by atoms with Crippen molar-refractivity contribution >= 4 is 11.3 Å². The minimum absolute atomic E-state index is 0.571. The molecule has 0 aliphatic heterocycles. The molecular weight excluding hydrogens is 274 g/mol. The van der Waals surface area contributed by atoms with Crippen molar-refractivity contribution in [2.24, 2.45) is 0 Å². The van der Waals surface area contributed by atoms with E-state index in [9.17, 15) is 0 Å². The first-order valence-corrected chi connectivity index (χ1v) is 9.02. The molecule has 0 radical (unpaired) electrons. The van der Waals surface area contributed by atoms with Gasteiger partial charge in [-0.15, -0.1) is 11.3 Å². The Balaban J connectivity index is 1.79. The van der Waals surface area contributed by atoms with Crippen molar-refractivity contribution in [2.45, 2.75) is 51.5 Å². The molecular formula is C19H25NS. The van der Waals surface area contributed by atoms with Crippen LogP contribution < -0.4 is 5.32 Å². The second kappa shape index (κ2) is 6.76. The molecule has 1 nitrogen and oxygen atoms in total. The van der Waals surface area contributed by atoms with Gasteiger partial charge in [-0.25, -0.2) is 0 Å². The van der Waals surface area contributed by atoms with Gasteiger partial charge in [-0.1, -0.05) is 38.1 Å². The van der Waals surface area contributed by atoms with Gasteiger partial charge >= 0.3 is 0 Å². The van der Waals surface area contributed by atoms with Crippen LogP contribution in [0.1, 0.15) is 47.1 Å². The van der Waals surface area contributed by atoms with Crippen LogP contribution in [-0.2, 0) is 19.3 Å². The lowest BCUT2D eigenvalue weighted by Gasteiger charge is -2.25. The fourth-order valence-electron chi connectivity index (χ4n) is 3.57. The molecule has 1 aromatic heterocycles. The predicted molar refractivity (Wildman–Crippen MR) is 92.4 cm³/mol. The first kappa shape index (κ1) is 14.8. The van der Waals surface area contributed by atoms with Gasteiger partial charge in [0.05, 0.1) is 0 Å². The molecule has 0 fully saturated rings. The Morgan fingerprint density at radius 3 is 2.71 bits per heavy atom. The predicted octanol–water partition coefficient (Wildman–Crippen LogP) is 4.56. The van der Waals surface area contributed by atoms with Crippen LogP contribution in [-0.4, -0.2) is 12.6 Å². The Morgan fingerprint density at radius 1 is 1.14 bits per heavy atom.